The Kier molecular flexibility index (Phi) is 3.64. The van der Waals surface area contributed by atoms with E-state index >= 15 is 0 Å². The minimum atomic E-state index is -0.317. The molecule has 1 aromatic heterocycles. The Morgan fingerprint density at radius 1 is 1.33 bits per heavy atom. The van der Waals surface area contributed by atoms with Gasteiger partial charge in [0.1, 0.15) is 0 Å². The molecule has 1 fully saturated rings. The third kappa shape index (κ3) is 3.05. The number of hydrogen-bond acceptors (Lipinski definition) is 3. The van der Waals surface area contributed by atoms with Crippen LogP contribution in [0.4, 0.5) is 5.69 Å². The lowest BCUT2D eigenvalue weighted by Gasteiger charge is -2.22. The largest absolute Gasteiger partial charge is 0.325 e. The minimum Gasteiger partial charge on any atom is -0.325 e. The van der Waals surface area contributed by atoms with Crippen LogP contribution in [-0.2, 0) is 4.79 Å². The highest BCUT2D eigenvalue weighted by atomic mass is 16.1. The van der Waals surface area contributed by atoms with Gasteiger partial charge in [0.15, 0.2) is 0 Å². The second-order valence-electron chi connectivity index (χ2n) is 6.12. The molecule has 1 heterocycles. The normalized spacial score (nSPS) is 17.0. The van der Waals surface area contributed by atoms with E-state index in [2.05, 4.69) is 10.3 Å². The van der Waals surface area contributed by atoms with Crippen LogP contribution in [0.3, 0.4) is 0 Å². The van der Waals surface area contributed by atoms with Crippen LogP contribution in [-0.4, -0.2) is 16.4 Å². The van der Waals surface area contributed by atoms with E-state index in [1.165, 1.54) is 0 Å². The monoisotopic (exact) mass is 283 g/mol. The maximum absolute atomic E-state index is 12.3. The van der Waals surface area contributed by atoms with Crippen LogP contribution >= 0.6 is 0 Å². The molecule has 0 aliphatic heterocycles. The zero-order valence-electron chi connectivity index (χ0n) is 12.4. The molecule has 0 bridgehead atoms. The molecule has 3 N–H and O–H groups in total. The van der Waals surface area contributed by atoms with Crippen molar-refractivity contribution in [1.82, 2.24) is 4.98 Å². The third-order valence-electron chi connectivity index (χ3n) is 4.23. The van der Waals surface area contributed by atoms with Crippen molar-refractivity contribution in [1.29, 1.82) is 0 Å². The standard InChI is InChI=1S/C17H21N3O/c1-12-10-15(13-6-2-3-7-14(13)19-12)20-16(21)11-17(18)8-4-5-9-17/h2-3,6-7,10H,4-5,8-9,11,18H2,1H3,(H,19,20,21). The molecule has 0 unspecified atom stereocenters. The minimum absolute atomic E-state index is 0.00449. The Balaban J connectivity index is 1.82. The Bertz CT molecular complexity index is 675. The van der Waals surface area contributed by atoms with Crippen LogP contribution < -0.4 is 11.1 Å². The van der Waals surface area contributed by atoms with Crippen LogP contribution in [0.1, 0.15) is 37.8 Å². The molecule has 1 aliphatic rings. The molecule has 0 saturated heterocycles. The molecule has 110 valence electrons. The number of aryl methyl sites for hydroxylation is 1. The van der Waals surface area contributed by atoms with Crippen LogP contribution in [0.15, 0.2) is 30.3 Å². The van der Waals surface area contributed by atoms with Gasteiger partial charge in [-0.3, -0.25) is 9.78 Å². The Morgan fingerprint density at radius 2 is 2.05 bits per heavy atom. The summed E-state index contributed by atoms with van der Waals surface area (Å²) in [6, 6.07) is 9.76. The number of fused-ring (bicyclic) bond motifs is 1. The van der Waals surface area contributed by atoms with E-state index < -0.39 is 0 Å². The van der Waals surface area contributed by atoms with Crippen molar-refractivity contribution >= 4 is 22.5 Å². The highest BCUT2D eigenvalue weighted by Crippen LogP contribution is 2.31. The molecule has 1 saturated carbocycles. The van der Waals surface area contributed by atoms with Crippen LogP contribution in [0, 0.1) is 6.92 Å². The van der Waals surface area contributed by atoms with Gasteiger partial charge in [-0.1, -0.05) is 31.0 Å². The molecule has 21 heavy (non-hydrogen) atoms. The number of pyridine rings is 1. The number of hydrogen-bond donors (Lipinski definition) is 2. The zero-order chi connectivity index (χ0) is 14.9. The second-order valence-corrected chi connectivity index (χ2v) is 6.12. The van der Waals surface area contributed by atoms with Crippen molar-refractivity contribution in [3.63, 3.8) is 0 Å². The lowest BCUT2D eigenvalue weighted by atomic mass is 9.94. The van der Waals surface area contributed by atoms with Gasteiger partial charge in [0.2, 0.25) is 5.91 Å². The first-order chi connectivity index (χ1) is 10.1. The van der Waals surface area contributed by atoms with E-state index in [0.717, 1.165) is 48.0 Å². The third-order valence-corrected chi connectivity index (χ3v) is 4.23. The maximum atomic E-state index is 12.3. The fourth-order valence-electron chi connectivity index (χ4n) is 3.18. The average molecular weight is 283 g/mol. The van der Waals surface area contributed by atoms with Gasteiger partial charge < -0.3 is 11.1 Å². The molecule has 2 aromatic rings. The number of anilines is 1. The Hall–Kier alpha value is -1.94. The topological polar surface area (TPSA) is 68.0 Å². The highest BCUT2D eigenvalue weighted by Gasteiger charge is 2.31. The molecule has 1 amide bonds. The zero-order valence-corrected chi connectivity index (χ0v) is 12.4. The number of aromatic nitrogens is 1. The summed E-state index contributed by atoms with van der Waals surface area (Å²) in [6.07, 6.45) is 4.53. The van der Waals surface area contributed by atoms with Gasteiger partial charge in [-0.25, -0.2) is 0 Å². The van der Waals surface area contributed by atoms with Crippen LogP contribution in [0.2, 0.25) is 0 Å². The highest BCUT2D eigenvalue weighted by molar-refractivity contribution is 6.01. The fourth-order valence-corrected chi connectivity index (χ4v) is 3.18. The fraction of sp³-hybridized carbons (Fsp3) is 0.412. The number of carbonyl (C=O) groups is 1. The number of benzene rings is 1. The van der Waals surface area contributed by atoms with Crippen LogP contribution in [0.5, 0.6) is 0 Å². The summed E-state index contributed by atoms with van der Waals surface area (Å²) in [6.45, 7) is 1.93. The van der Waals surface area contributed by atoms with Gasteiger partial charge in [-0.05, 0) is 31.9 Å². The molecule has 4 heteroatoms. The molecule has 1 aliphatic carbocycles. The molecule has 1 aromatic carbocycles. The first-order valence-corrected chi connectivity index (χ1v) is 7.51. The molecule has 4 nitrogen and oxygen atoms in total. The van der Waals surface area contributed by atoms with Crippen molar-refractivity contribution in [2.24, 2.45) is 5.73 Å². The summed E-state index contributed by atoms with van der Waals surface area (Å²) in [4.78, 5) is 16.8. The van der Waals surface area contributed by atoms with Gasteiger partial charge in [0.05, 0.1) is 11.2 Å². The Morgan fingerprint density at radius 3 is 2.81 bits per heavy atom. The van der Waals surface area contributed by atoms with E-state index in [9.17, 15) is 4.79 Å². The van der Waals surface area contributed by atoms with Gasteiger partial charge >= 0.3 is 0 Å². The number of nitrogens with two attached hydrogens (primary N) is 1. The number of nitrogens with one attached hydrogen (secondary N) is 1. The van der Waals surface area contributed by atoms with E-state index in [4.69, 9.17) is 5.73 Å². The summed E-state index contributed by atoms with van der Waals surface area (Å²) >= 11 is 0. The van der Waals surface area contributed by atoms with Crippen molar-refractivity contribution in [3.05, 3.63) is 36.0 Å². The molecular formula is C17H21N3O. The van der Waals surface area contributed by atoms with Gasteiger partial charge in [-0.15, -0.1) is 0 Å². The number of rotatable bonds is 3. The smallest absolute Gasteiger partial charge is 0.226 e. The summed E-state index contributed by atoms with van der Waals surface area (Å²) < 4.78 is 0. The molecule has 0 radical (unpaired) electrons. The maximum Gasteiger partial charge on any atom is 0.226 e. The molecule has 0 atom stereocenters. The first kappa shape index (κ1) is 14.0. The van der Waals surface area contributed by atoms with E-state index in [1.807, 2.05) is 37.3 Å². The summed E-state index contributed by atoms with van der Waals surface area (Å²) in [5.74, 6) is -0.00449. The van der Waals surface area contributed by atoms with Crippen molar-refractivity contribution < 1.29 is 4.79 Å². The molecular weight excluding hydrogens is 262 g/mol. The lowest BCUT2D eigenvalue weighted by Crippen LogP contribution is -2.40. The number of nitrogens with zero attached hydrogens (tertiary/aromatic N) is 1. The van der Waals surface area contributed by atoms with Gasteiger partial charge in [0, 0.05) is 23.0 Å². The predicted octanol–water partition coefficient (Wildman–Crippen LogP) is 3.14. The first-order valence-electron chi connectivity index (χ1n) is 7.51. The van der Waals surface area contributed by atoms with E-state index in [0.29, 0.717) is 6.42 Å². The van der Waals surface area contributed by atoms with Crippen molar-refractivity contribution in [3.8, 4) is 0 Å². The number of carbonyl (C=O) groups excluding carboxylic acids is 1. The van der Waals surface area contributed by atoms with E-state index in [-0.39, 0.29) is 11.4 Å². The average Bonchev–Trinajstić information content (AvgIpc) is 2.84. The van der Waals surface area contributed by atoms with Crippen LogP contribution in [0.25, 0.3) is 10.9 Å². The van der Waals surface area contributed by atoms with Gasteiger partial charge in [0.25, 0.3) is 0 Å². The SMILES string of the molecule is Cc1cc(NC(=O)CC2(N)CCCC2)c2ccccc2n1. The number of amides is 1. The number of para-hydroxylation sites is 1. The molecule has 3 rings (SSSR count). The van der Waals surface area contributed by atoms with Crippen molar-refractivity contribution in [2.75, 3.05) is 5.32 Å². The predicted molar refractivity (Wildman–Crippen MR) is 85.1 cm³/mol. The lowest BCUT2D eigenvalue weighted by molar-refractivity contribution is -0.117. The van der Waals surface area contributed by atoms with Gasteiger partial charge in [-0.2, -0.15) is 0 Å². The summed E-state index contributed by atoms with van der Waals surface area (Å²) in [7, 11) is 0. The summed E-state index contributed by atoms with van der Waals surface area (Å²) in [5, 5.41) is 3.99. The van der Waals surface area contributed by atoms with Crippen molar-refractivity contribution in [2.45, 2.75) is 44.6 Å². The quantitative estimate of drug-likeness (QED) is 0.909. The second kappa shape index (κ2) is 5.45. The van der Waals surface area contributed by atoms with E-state index in [1.54, 1.807) is 0 Å². The molecule has 0 spiro atoms. The Labute approximate surface area is 124 Å². The summed E-state index contributed by atoms with van der Waals surface area (Å²) in [5.41, 5.74) is 8.58.